The predicted octanol–water partition coefficient (Wildman–Crippen LogP) is 3.87. The van der Waals surface area contributed by atoms with Gasteiger partial charge in [0.1, 0.15) is 4.90 Å². The van der Waals surface area contributed by atoms with Gasteiger partial charge in [0, 0.05) is 37.4 Å². The van der Waals surface area contributed by atoms with Gasteiger partial charge in [-0.25, -0.2) is 8.42 Å². The lowest BCUT2D eigenvalue weighted by atomic mass is 10.1. The van der Waals surface area contributed by atoms with Gasteiger partial charge in [0.2, 0.25) is 10.0 Å². The van der Waals surface area contributed by atoms with E-state index >= 15 is 0 Å². The smallest absolute Gasteiger partial charge is 0.255 e. The number of amides is 1. The summed E-state index contributed by atoms with van der Waals surface area (Å²) in [5.74, 6) is -0.372. The van der Waals surface area contributed by atoms with E-state index < -0.39 is 10.0 Å². The molecule has 0 radical (unpaired) electrons. The largest absolute Gasteiger partial charge is 0.322 e. The molecule has 1 saturated heterocycles. The number of nitrogens with one attached hydrogen (secondary N) is 1. The summed E-state index contributed by atoms with van der Waals surface area (Å²) in [7, 11) is -1.81. The Morgan fingerprint density at radius 2 is 1.73 bits per heavy atom. The molecular formula is C22H28ClN3O3S. The third-order valence-electron chi connectivity index (χ3n) is 5.30. The molecule has 8 heteroatoms. The van der Waals surface area contributed by atoms with Crippen LogP contribution in [0.4, 0.5) is 5.69 Å². The number of carbonyl (C=O) groups excluding carboxylic acids is 1. The van der Waals surface area contributed by atoms with E-state index in [2.05, 4.69) is 17.1 Å². The monoisotopic (exact) mass is 449 g/mol. The number of unbranched alkanes of at least 4 members (excludes halogenated alkanes) is 1. The molecule has 0 saturated carbocycles. The molecule has 1 amide bonds. The Labute approximate surface area is 183 Å². The van der Waals surface area contributed by atoms with Gasteiger partial charge in [0.25, 0.3) is 5.91 Å². The molecule has 0 spiro atoms. The molecule has 2 aromatic rings. The van der Waals surface area contributed by atoms with Crippen LogP contribution in [-0.2, 0) is 16.4 Å². The summed E-state index contributed by atoms with van der Waals surface area (Å²) in [5.41, 5.74) is 2.14. The van der Waals surface area contributed by atoms with Crippen molar-refractivity contribution in [3.05, 3.63) is 58.6 Å². The zero-order valence-corrected chi connectivity index (χ0v) is 19.0. The van der Waals surface area contributed by atoms with E-state index in [1.165, 1.54) is 28.1 Å². The molecule has 0 aliphatic carbocycles. The van der Waals surface area contributed by atoms with Gasteiger partial charge in [-0.15, -0.1) is 0 Å². The Morgan fingerprint density at radius 1 is 1.07 bits per heavy atom. The first-order valence-electron chi connectivity index (χ1n) is 10.2. The Morgan fingerprint density at radius 3 is 2.37 bits per heavy atom. The second-order valence-electron chi connectivity index (χ2n) is 7.61. The number of hydrogen-bond acceptors (Lipinski definition) is 4. The van der Waals surface area contributed by atoms with E-state index in [0.717, 1.165) is 19.3 Å². The highest BCUT2D eigenvalue weighted by molar-refractivity contribution is 7.89. The zero-order valence-electron chi connectivity index (χ0n) is 17.4. The molecule has 3 rings (SSSR count). The fourth-order valence-corrected chi connectivity index (χ4v) is 5.27. The number of nitrogens with zero attached hydrogens (tertiary/aromatic N) is 2. The van der Waals surface area contributed by atoms with Crippen LogP contribution in [0.25, 0.3) is 0 Å². The van der Waals surface area contributed by atoms with Crippen molar-refractivity contribution < 1.29 is 13.2 Å². The van der Waals surface area contributed by atoms with Gasteiger partial charge >= 0.3 is 0 Å². The van der Waals surface area contributed by atoms with Crippen LogP contribution in [0.15, 0.2) is 47.4 Å². The number of rotatable bonds is 7. The van der Waals surface area contributed by atoms with Gasteiger partial charge in [0.05, 0.1) is 5.02 Å². The van der Waals surface area contributed by atoms with Crippen molar-refractivity contribution >= 4 is 33.2 Å². The fraction of sp³-hybridized carbons (Fsp3) is 0.409. The zero-order chi connectivity index (χ0) is 21.7. The first-order chi connectivity index (χ1) is 14.3. The molecule has 0 atom stereocenters. The molecule has 0 unspecified atom stereocenters. The van der Waals surface area contributed by atoms with Crippen LogP contribution < -0.4 is 5.32 Å². The average Bonchev–Trinajstić information content (AvgIpc) is 2.73. The summed E-state index contributed by atoms with van der Waals surface area (Å²) in [6.45, 7) is 4.27. The van der Waals surface area contributed by atoms with Crippen molar-refractivity contribution in [2.75, 3.05) is 38.5 Å². The maximum atomic E-state index is 13.1. The second kappa shape index (κ2) is 9.92. The number of sulfonamides is 1. The van der Waals surface area contributed by atoms with Crippen LogP contribution in [0.3, 0.4) is 0 Å². The molecule has 6 nitrogen and oxygen atoms in total. The van der Waals surface area contributed by atoms with E-state index in [9.17, 15) is 13.2 Å². The summed E-state index contributed by atoms with van der Waals surface area (Å²) >= 11 is 6.20. The highest BCUT2D eigenvalue weighted by Crippen LogP contribution is 2.27. The first kappa shape index (κ1) is 22.7. The second-order valence-corrected chi connectivity index (χ2v) is 9.92. The molecule has 0 bridgehead atoms. The number of likely N-dealkylation sites (N-methyl/N-ethyl adjacent to an activating group) is 1. The van der Waals surface area contributed by atoms with Crippen molar-refractivity contribution in [1.29, 1.82) is 0 Å². The quantitative estimate of drug-likeness (QED) is 0.696. The molecule has 1 aliphatic heterocycles. The minimum atomic E-state index is -3.76. The van der Waals surface area contributed by atoms with Crippen molar-refractivity contribution in [3.63, 3.8) is 0 Å². The molecule has 30 heavy (non-hydrogen) atoms. The number of aryl methyl sites for hydroxylation is 1. The molecule has 2 aromatic carbocycles. The van der Waals surface area contributed by atoms with Gasteiger partial charge < -0.3 is 10.2 Å². The molecule has 1 heterocycles. The summed E-state index contributed by atoms with van der Waals surface area (Å²) < 4.78 is 27.5. The van der Waals surface area contributed by atoms with Crippen LogP contribution >= 0.6 is 11.6 Å². The first-order valence-corrected chi connectivity index (χ1v) is 12.0. The summed E-state index contributed by atoms with van der Waals surface area (Å²) in [6.07, 6.45) is 3.27. The lowest BCUT2D eigenvalue weighted by Gasteiger charge is -2.31. The maximum absolute atomic E-state index is 13.1. The summed E-state index contributed by atoms with van der Waals surface area (Å²) in [6, 6.07) is 12.1. The molecule has 0 aromatic heterocycles. The highest BCUT2D eigenvalue weighted by Gasteiger charge is 2.30. The van der Waals surface area contributed by atoms with Crippen molar-refractivity contribution in [3.8, 4) is 0 Å². The maximum Gasteiger partial charge on any atom is 0.255 e. The van der Waals surface area contributed by atoms with E-state index in [1.807, 2.05) is 31.3 Å². The fourth-order valence-electron chi connectivity index (χ4n) is 3.35. The van der Waals surface area contributed by atoms with Crippen molar-refractivity contribution in [1.82, 2.24) is 9.21 Å². The van der Waals surface area contributed by atoms with Gasteiger partial charge in [-0.3, -0.25) is 4.79 Å². The number of piperazine rings is 1. The minimum absolute atomic E-state index is 0.0312. The number of anilines is 1. The SMILES string of the molecule is CCCCc1ccc(NC(=O)c2ccc(Cl)c(S(=O)(=O)N3CCN(C)CC3)c2)cc1. The van der Waals surface area contributed by atoms with E-state index in [4.69, 9.17) is 11.6 Å². The van der Waals surface area contributed by atoms with Gasteiger partial charge in [-0.05, 0) is 55.8 Å². The molecule has 1 aliphatic rings. The van der Waals surface area contributed by atoms with E-state index in [0.29, 0.717) is 31.9 Å². The Bertz CT molecular complexity index is 985. The Kier molecular flexibility index (Phi) is 7.52. The third kappa shape index (κ3) is 5.40. The standard InChI is InChI=1S/C22H28ClN3O3S/c1-3-4-5-17-6-9-19(10-7-17)24-22(27)18-8-11-20(23)21(16-18)30(28,29)26-14-12-25(2)13-15-26/h6-11,16H,3-5,12-15H2,1-2H3,(H,24,27). The average molecular weight is 450 g/mol. The van der Waals surface area contributed by atoms with Gasteiger partial charge in [-0.2, -0.15) is 4.31 Å². The van der Waals surface area contributed by atoms with Gasteiger partial charge in [-0.1, -0.05) is 37.1 Å². The topological polar surface area (TPSA) is 69.7 Å². The normalized spacial score (nSPS) is 15.8. The molecule has 162 valence electrons. The van der Waals surface area contributed by atoms with Crippen LogP contribution in [0, 0.1) is 0 Å². The summed E-state index contributed by atoms with van der Waals surface area (Å²) in [5, 5.41) is 2.94. The molecule has 1 N–H and O–H groups in total. The predicted molar refractivity (Wildman–Crippen MR) is 121 cm³/mol. The third-order valence-corrected chi connectivity index (χ3v) is 7.68. The number of hydrogen-bond donors (Lipinski definition) is 1. The van der Waals surface area contributed by atoms with E-state index in [1.54, 1.807) is 0 Å². The highest BCUT2D eigenvalue weighted by atomic mass is 35.5. The number of halogens is 1. The molecule has 1 fully saturated rings. The van der Waals surface area contributed by atoms with Crippen LogP contribution in [-0.4, -0.2) is 56.8 Å². The van der Waals surface area contributed by atoms with Gasteiger partial charge in [0.15, 0.2) is 0 Å². The van der Waals surface area contributed by atoms with Crippen molar-refractivity contribution in [2.24, 2.45) is 0 Å². The number of carbonyl (C=O) groups is 1. The Hall–Kier alpha value is -1.93. The van der Waals surface area contributed by atoms with Crippen molar-refractivity contribution in [2.45, 2.75) is 31.1 Å². The molecular weight excluding hydrogens is 422 g/mol. The minimum Gasteiger partial charge on any atom is -0.322 e. The Balaban J connectivity index is 1.76. The van der Waals surface area contributed by atoms with E-state index in [-0.39, 0.29) is 21.4 Å². The van der Waals surface area contributed by atoms with Crippen LogP contribution in [0.2, 0.25) is 5.02 Å². The van der Waals surface area contributed by atoms with Crippen LogP contribution in [0.1, 0.15) is 35.7 Å². The van der Waals surface area contributed by atoms with Crippen LogP contribution in [0.5, 0.6) is 0 Å². The lowest BCUT2D eigenvalue weighted by Crippen LogP contribution is -2.47. The number of benzene rings is 2. The summed E-state index contributed by atoms with van der Waals surface area (Å²) in [4.78, 5) is 14.8. The lowest BCUT2D eigenvalue weighted by molar-refractivity contribution is 0.102.